The summed E-state index contributed by atoms with van der Waals surface area (Å²) < 4.78 is 0. The molecule has 1 aromatic heterocycles. The summed E-state index contributed by atoms with van der Waals surface area (Å²) in [5, 5.41) is 14.0. The molecule has 1 heterocycles. The molecule has 2 unspecified atom stereocenters. The van der Waals surface area contributed by atoms with Crippen LogP contribution in [0.3, 0.4) is 0 Å². The zero-order valence-corrected chi connectivity index (χ0v) is 11.3. The van der Waals surface area contributed by atoms with Crippen LogP contribution in [0.15, 0.2) is 18.3 Å². The highest BCUT2D eigenvalue weighted by atomic mass is 16.6. The van der Waals surface area contributed by atoms with Gasteiger partial charge in [0.05, 0.1) is 0 Å². The Balaban J connectivity index is 1.84. The van der Waals surface area contributed by atoms with Crippen molar-refractivity contribution in [2.75, 3.05) is 11.9 Å². The molecule has 5 nitrogen and oxygen atoms in total. The molecule has 1 N–H and O–H groups in total. The van der Waals surface area contributed by atoms with E-state index in [1.54, 1.807) is 12.1 Å². The van der Waals surface area contributed by atoms with Crippen LogP contribution in [-0.2, 0) is 0 Å². The topological polar surface area (TPSA) is 68.1 Å². The molecule has 1 aliphatic carbocycles. The molecule has 2 rings (SSSR count). The lowest BCUT2D eigenvalue weighted by Crippen LogP contribution is -2.17. The van der Waals surface area contributed by atoms with Crippen molar-refractivity contribution in [2.45, 2.75) is 39.0 Å². The second-order valence-corrected chi connectivity index (χ2v) is 5.48. The number of aromatic nitrogens is 1. The molecule has 1 aliphatic rings. The maximum atomic E-state index is 10.8. The van der Waals surface area contributed by atoms with E-state index in [4.69, 9.17) is 0 Å². The summed E-state index contributed by atoms with van der Waals surface area (Å²) in [4.78, 5) is 14.2. The number of nitrogens with one attached hydrogen (secondary N) is 1. The first kappa shape index (κ1) is 13.8. The lowest BCUT2D eigenvalue weighted by atomic mass is 9.81. The summed E-state index contributed by atoms with van der Waals surface area (Å²) in [5.74, 6) is 1.50. The first-order valence-electron chi connectivity index (χ1n) is 7.00. The van der Waals surface area contributed by atoms with Crippen molar-refractivity contribution in [3.8, 4) is 0 Å². The Bertz CT molecular complexity index is 436. The van der Waals surface area contributed by atoms with Gasteiger partial charge in [-0.15, -0.1) is 0 Å². The molecule has 0 spiro atoms. The molecule has 1 saturated carbocycles. The third-order valence-corrected chi connectivity index (χ3v) is 3.87. The number of pyridine rings is 1. The van der Waals surface area contributed by atoms with E-state index < -0.39 is 4.92 Å². The van der Waals surface area contributed by atoms with Crippen LogP contribution in [0, 0.1) is 22.0 Å². The van der Waals surface area contributed by atoms with E-state index in [0.29, 0.717) is 5.69 Å². The van der Waals surface area contributed by atoms with Gasteiger partial charge in [0.2, 0.25) is 0 Å². The molecule has 104 valence electrons. The molecular formula is C14H21N3O2. The van der Waals surface area contributed by atoms with Crippen molar-refractivity contribution in [3.05, 3.63) is 28.4 Å². The highest BCUT2D eigenvalue weighted by Crippen LogP contribution is 2.30. The summed E-state index contributed by atoms with van der Waals surface area (Å²) in [7, 11) is 0. The third kappa shape index (κ3) is 3.91. The molecule has 19 heavy (non-hydrogen) atoms. The van der Waals surface area contributed by atoms with Crippen molar-refractivity contribution in [2.24, 2.45) is 11.8 Å². The van der Waals surface area contributed by atoms with E-state index in [-0.39, 0.29) is 5.82 Å². The van der Waals surface area contributed by atoms with Crippen molar-refractivity contribution < 1.29 is 4.92 Å². The molecule has 5 heteroatoms. The second kappa shape index (κ2) is 6.50. The molecule has 0 saturated heterocycles. The van der Waals surface area contributed by atoms with E-state index in [2.05, 4.69) is 17.2 Å². The molecule has 1 fully saturated rings. The number of nitro groups is 1. The van der Waals surface area contributed by atoms with Crippen LogP contribution in [0.4, 0.5) is 11.5 Å². The van der Waals surface area contributed by atoms with Crippen molar-refractivity contribution in [3.63, 3.8) is 0 Å². The van der Waals surface area contributed by atoms with E-state index >= 15 is 0 Å². The second-order valence-electron chi connectivity index (χ2n) is 5.48. The minimum Gasteiger partial charge on any atom is -0.378 e. The Labute approximate surface area is 113 Å². The largest absolute Gasteiger partial charge is 0.386 e. The molecule has 0 amide bonds. The SMILES string of the molecule is CC1CCCC(CCNc2cccnc2[N+](=O)[O-])C1. The first-order valence-corrected chi connectivity index (χ1v) is 7.00. The molecule has 0 aliphatic heterocycles. The van der Waals surface area contributed by atoms with Gasteiger partial charge in [0.25, 0.3) is 0 Å². The molecule has 0 bridgehead atoms. The van der Waals surface area contributed by atoms with E-state index in [9.17, 15) is 10.1 Å². The summed E-state index contributed by atoms with van der Waals surface area (Å²) in [6, 6.07) is 3.44. The van der Waals surface area contributed by atoms with Crippen LogP contribution < -0.4 is 5.32 Å². The zero-order chi connectivity index (χ0) is 13.7. The van der Waals surface area contributed by atoms with Gasteiger partial charge in [0, 0.05) is 6.54 Å². The number of nitrogens with zero attached hydrogens (tertiary/aromatic N) is 2. The quantitative estimate of drug-likeness (QED) is 0.650. The van der Waals surface area contributed by atoms with Gasteiger partial charge in [-0.05, 0) is 46.7 Å². The van der Waals surface area contributed by atoms with Crippen LogP contribution in [-0.4, -0.2) is 16.5 Å². The van der Waals surface area contributed by atoms with Gasteiger partial charge in [0.15, 0.2) is 0 Å². The Kier molecular flexibility index (Phi) is 4.71. The summed E-state index contributed by atoms with van der Waals surface area (Å²) in [6.07, 6.45) is 7.78. The maximum Gasteiger partial charge on any atom is 0.386 e. The average Bonchev–Trinajstić information content (AvgIpc) is 2.39. The minimum absolute atomic E-state index is 0.0838. The maximum absolute atomic E-state index is 10.8. The van der Waals surface area contributed by atoms with E-state index in [0.717, 1.165) is 24.8 Å². The fourth-order valence-electron chi connectivity index (χ4n) is 2.91. The minimum atomic E-state index is -0.439. The van der Waals surface area contributed by atoms with Gasteiger partial charge in [-0.3, -0.25) is 0 Å². The molecule has 1 aromatic rings. The monoisotopic (exact) mass is 263 g/mol. The van der Waals surface area contributed by atoms with Gasteiger partial charge in [-0.1, -0.05) is 26.2 Å². The van der Waals surface area contributed by atoms with Crippen molar-refractivity contribution in [1.29, 1.82) is 0 Å². The standard InChI is InChI=1S/C14H21N3O2/c1-11-4-2-5-12(10-11)7-9-15-13-6-3-8-16-14(13)17(18)19/h3,6,8,11-12,15H,2,4-5,7,9-10H2,1H3. The number of hydrogen-bond donors (Lipinski definition) is 1. The Morgan fingerprint density at radius 3 is 3.11 bits per heavy atom. The highest BCUT2D eigenvalue weighted by molar-refractivity contribution is 5.56. The fourth-order valence-corrected chi connectivity index (χ4v) is 2.91. The lowest BCUT2D eigenvalue weighted by molar-refractivity contribution is -0.388. The van der Waals surface area contributed by atoms with Crippen LogP contribution in [0.25, 0.3) is 0 Å². The summed E-state index contributed by atoms with van der Waals surface area (Å²) >= 11 is 0. The fraction of sp³-hybridized carbons (Fsp3) is 0.643. The van der Waals surface area contributed by atoms with Crippen LogP contribution in [0.2, 0.25) is 0 Å². The van der Waals surface area contributed by atoms with Crippen molar-refractivity contribution in [1.82, 2.24) is 4.98 Å². The number of anilines is 1. The van der Waals surface area contributed by atoms with Gasteiger partial charge in [0.1, 0.15) is 11.9 Å². The molecule has 0 aromatic carbocycles. The normalized spacial score (nSPS) is 23.0. The third-order valence-electron chi connectivity index (χ3n) is 3.87. The van der Waals surface area contributed by atoms with Gasteiger partial charge >= 0.3 is 5.82 Å². The van der Waals surface area contributed by atoms with E-state index in [1.165, 1.54) is 31.9 Å². The highest BCUT2D eigenvalue weighted by Gasteiger charge is 2.19. The average molecular weight is 263 g/mol. The van der Waals surface area contributed by atoms with Gasteiger partial charge in [-0.2, -0.15) is 0 Å². The first-order chi connectivity index (χ1) is 9.16. The molecule has 2 atom stereocenters. The summed E-state index contributed by atoms with van der Waals surface area (Å²) in [5.41, 5.74) is 0.524. The molecular weight excluding hydrogens is 242 g/mol. The number of rotatable bonds is 5. The predicted octanol–water partition coefficient (Wildman–Crippen LogP) is 3.62. The summed E-state index contributed by atoms with van der Waals surface area (Å²) in [6.45, 7) is 3.09. The van der Waals surface area contributed by atoms with Crippen LogP contribution in [0.1, 0.15) is 39.0 Å². The van der Waals surface area contributed by atoms with Crippen molar-refractivity contribution >= 4 is 11.5 Å². The number of hydrogen-bond acceptors (Lipinski definition) is 4. The van der Waals surface area contributed by atoms with E-state index in [1.807, 2.05) is 0 Å². The lowest BCUT2D eigenvalue weighted by Gasteiger charge is -2.26. The van der Waals surface area contributed by atoms with Crippen LogP contribution >= 0.6 is 0 Å². The molecule has 0 radical (unpaired) electrons. The predicted molar refractivity (Wildman–Crippen MR) is 75.1 cm³/mol. The Morgan fingerprint density at radius 2 is 2.37 bits per heavy atom. The smallest absolute Gasteiger partial charge is 0.378 e. The van der Waals surface area contributed by atoms with Crippen LogP contribution in [0.5, 0.6) is 0 Å². The van der Waals surface area contributed by atoms with Gasteiger partial charge in [-0.25, -0.2) is 0 Å². The Morgan fingerprint density at radius 1 is 1.53 bits per heavy atom. The Hall–Kier alpha value is -1.65. The van der Waals surface area contributed by atoms with Gasteiger partial charge < -0.3 is 15.4 Å². The zero-order valence-electron chi connectivity index (χ0n) is 11.3.